The fourth-order valence-electron chi connectivity index (χ4n) is 2.17. The first kappa shape index (κ1) is 21.1. The fraction of sp³-hybridized carbons (Fsp3) is 0.333. The molecule has 146 valence electrons. The first-order valence-electron chi connectivity index (χ1n) is 8.32. The van der Waals surface area contributed by atoms with Crippen molar-refractivity contribution in [2.75, 3.05) is 6.54 Å². The molecule has 3 N–H and O–H groups in total. The molecule has 2 aromatic rings. The van der Waals surface area contributed by atoms with Crippen LogP contribution in [0.15, 0.2) is 46.7 Å². The van der Waals surface area contributed by atoms with E-state index in [1.165, 1.54) is 11.3 Å². The summed E-state index contributed by atoms with van der Waals surface area (Å²) in [6.45, 7) is 6.06. The molecule has 2 rings (SSSR count). The highest BCUT2D eigenvalue weighted by Gasteiger charge is 2.17. The van der Waals surface area contributed by atoms with Crippen LogP contribution in [0.25, 0.3) is 0 Å². The lowest BCUT2D eigenvalue weighted by atomic mass is 9.87. The Kier molecular flexibility index (Phi) is 6.74. The molecule has 0 spiro atoms. The lowest BCUT2D eigenvalue weighted by Crippen LogP contribution is -2.42. The van der Waals surface area contributed by atoms with Crippen molar-refractivity contribution in [1.29, 1.82) is 0 Å². The van der Waals surface area contributed by atoms with Crippen LogP contribution in [0.4, 0.5) is 0 Å². The quantitative estimate of drug-likeness (QED) is 0.636. The van der Waals surface area contributed by atoms with Gasteiger partial charge in [0.15, 0.2) is 0 Å². The minimum absolute atomic E-state index is 0.0681. The predicted molar refractivity (Wildman–Crippen MR) is 105 cm³/mol. The number of hydrogen-bond acceptors (Lipinski definition) is 5. The highest BCUT2D eigenvalue weighted by molar-refractivity contribution is 7.89. The van der Waals surface area contributed by atoms with Gasteiger partial charge in [-0.15, -0.1) is 11.3 Å². The van der Waals surface area contributed by atoms with Gasteiger partial charge in [0.1, 0.15) is 0 Å². The number of sulfonamides is 1. The molecular weight excluding hydrogens is 386 g/mol. The van der Waals surface area contributed by atoms with Gasteiger partial charge in [0.2, 0.25) is 15.9 Å². The van der Waals surface area contributed by atoms with Gasteiger partial charge in [0, 0.05) is 13.0 Å². The topological polar surface area (TPSA) is 104 Å². The van der Waals surface area contributed by atoms with E-state index in [1.807, 2.05) is 20.8 Å². The zero-order valence-electron chi connectivity index (χ0n) is 15.4. The van der Waals surface area contributed by atoms with Crippen molar-refractivity contribution in [1.82, 2.24) is 15.6 Å². The average Bonchev–Trinajstić information content (AvgIpc) is 3.13. The van der Waals surface area contributed by atoms with Crippen LogP contribution in [0.3, 0.4) is 0 Å². The molecule has 0 fully saturated rings. The van der Waals surface area contributed by atoms with E-state index in [0.29, 0.717) is 4.88 Å². The molecule has 0 atom stereocenters. The molecule has 0 unspecified atom stereocenters. The minimum Gasteiger partial charge on any atom is -0.273 e. The molecule has 9 heteroatoms. The lowest BCUT2D eigenvalue weighted by molar-refractivity contribution is -0.121. The minimum atomic E-state index is -3.70. The second-order valence-electron chi connectivity index (χ2n) is 6.90. The van der Waals surface area contributed by atoms with Crippen molar-refractivity contribution in [3.8, 4) is 0 Å². The molecule has 0 aliphatic heterocycles. The van der Waals surface area contributed by atoms with Crippen LogP contribution in [0.1, 0.15) is 42.4 Å². The van der Waals surface area contributed by atoms with Crippen molar-refractivity contribution in [3.63, 3.8) is 0 Å². The van der Waals surface area contributed by atoms with E-state index < -0.39 is 21.8 Å². The van der Waals surface area contributed by atoms with Gasteiger partial charge in [0.25, 0.3) is 5.91 Å². The number of nitrogens with one attached hydrogen (secondary N) is 3. The molecule has 1 aromatic heterocycles. The first-order chi connectivity index (χ1) is 12.6. The van der Waals surface area contributed by atoms with Crippen molar-refractivity contribution in [2.45, 2.75) is 37.5 Å². The number of rotatable bonds is 6. The van der Waals surface area contributed by atoms with Crippen molar-refractivity contribution in [3.05, 3.63) is 52.2 Å². The normalized spacial score (nSPS) is 11.8. The van der Waals surface area contributed by atoms with E-state index >= 15 is 0 Å². The lowest BCUT2D eigenvalue weighted by Gasteiger charge is -2.19. The van der Waals surface area contributed by atoms with Crippen molar-refractivity contribution >= 4 is 33.2 Å². The number of carbonyl (C=O) groups is 2. The van der Waals surface area contributed by atoms with Gasteiger partial charge in [0.05, 0.1) is 9.77 Å². The Morgan fingerprint density at radius 2 is 1.70 bits per heavy atom. The maximum absolute atomic E-state index is 12.3. The summed E-state index contributed by atoms with van der Waals surface area (Å²) < 4.78 is 27.0. The predicted octanol–water partition coefficient (Wildman–Crippen LogP) is 2.18. The van der Waals surface area contributed by atoms with Crippen molar-refractivity contribution < 1.29 is 18.0 Å². The summed E-state index contributed by atoms with van der Waals surface area (Å²) in [6.07, 6.45) is -0.107. The summed E-state index contributed by atoms with van der Waals surface area (Å²) in [5.41, 5.74) is 5.50. The van der Waals surface area contributed by atoms with Crippen LogP contribution in [0.5, 0.6) is 0 Å². The number of benzene rings is 1. The smallest absolute Gasteiger partial charge is 0.273 e. The van der Waals surface area contributed by atoms with E-state index in [0.717, 1.165) is 5.56 Å². The number of carbonyl (C=O) groups excluding carboxylic acids is 2. The number of hydrogen-bond donors (Lipinski definition) is 3. The molecule has 0 saturated heterocycles. The van der Waals surface area contributed by atoms with Crippen LogP contribution in [0.2, 0.25) is 0 Å². The molecule has 2 amide bonds. The SMILES string of the molecule is CC(C)(C)c1ccc(S(=O)(=O)NCCC(=O)NNC(=O)c2cccs2)cc1. The van der Waals surface area contributed by atoms with E-state index in [2.05, 4.69) is 15.6 Å². The summed E-state index contributed by atoms with van der Waals surface area (Å²) in [5.74, 6) is -0.913. The number of hydrazine groups is 1. The van der Waals surface area contributed by atoms with E-state index in [1.54, 1.807) is 41.8 Å². The van der Waals surface area contributed by atoms with Crippen LogP contribution >= 0.6 is 11.3 Å². The maximum Gasteiger partial charge on any atom is 0.279 e. The second kappa shape index (κ2) is 8.64. The summed E-state index contributed by atoms with van der Waals surface area (Å²) >= 11 is 1.25. The highest BCUT2D eigenvalue weighted by Crippen LogP contribution is 2.23. The standard InChI is InChI=1S/C18H23N3O4S2/c1-18(2,3)13-6-8-14(9-7-13)27(24,25)19-11-10-16(22)20-21-17(23)15-5-4-12-26-15/h4-9,12,19H,10-11H2,1-3H3,(H,20,22)(H,21,23). The average molecular weight is 410 g/mol. The Labute approximate surface area is 163 Å². The third kappa shape index (κ3) is 6.16. The molecule has 27 heavy (non-hydrogen) atoms. The zero-order valence-corrected chi connectivity index (χ0v) is 17.0. The third-order valence-electron chi connectivity index (χ3n) is 3.74. The molecule has 0 bridgehead atoms. The molecule has 0 saturated carbocycles. The van der Waals surface area contributed by atoms with Gasteiger partial charge in [-0.2, -0.15) is 0 Å². The zero-order chi connectivity index (χ0) is 20.1. The van der Waals surface area contributed by atoms with E-state index in [-0.39, 0.29) is 23.3 Å². The Hall–Kier alpha value is -2.23. The third-order valence-corrected chi connectivity index (χ3v) is 6.08. The van der Waals surface area contributed by atoms with Crippen LogP contribution in [-0.2, 0) is 20.2 Å². The molecule has 0 radical (unpaired) electrons. The summed E-state index contributed by atoms with van der Waals surface area (Å²) in [5, 5.41) is 1.75. The van der Waals surface area contributed by atoms with Crippen LogP contribution in [-0.4, -0.2) is 26.8 Å². The Morgan fingerprint density at radius 1 is 1.04 bits per heavy atom. The largest absolute Gasteiger partial charge is 0.279 e. The Balaban J connectivity index is 1.81. The summed E-state index contributed by atoms with van der Waals surface area (Å²) in [7, 11) is -3.70. The van der Waals surface area contributed by atoms with Gasteiger partial charge in [-0.3, -0.25) is 20.4 Å². The molecular formula is C18H23N3O4S2. The first-order valence-corrected chi connectivity index (χ1v) is 10.7. The van der Waals surface area contributed by atoms with Crippen molar-refractivity contribution in [2.24, 2.45) is 0 Å². The maximum atomic E-state index is 12.3. The van der Waals surface area contributed by atoms with Gasteiger partial charge in [-0.1, -0.05) is 39.0 Å². The Morgan fingerprint density at radius 3 is 2.26 bits per heavy atom. The Bertz CT molecular complexity index is 884. The van der Waals surface area contributed by atoms with Gasteiger partial charge in [-0.05, 0) is 34.6 Å². The van der Waals surface area contributed by atoms with Gasteiger partial charge < -0.3 is 0 Å². The van der Waals surface area contributed by atoms with Crippen LogP contribution < -0.4 is 15.6 Å². The second-order valence-corrected chi connectivity index (χ2v) is 9.62. The molecule has 1 heterocycles. The van der Waals surface area contributed by atoms with Gasteiger partial charge >= 0.3 is 0 Å². The number of thiophene rings is 1. The summed E-state index contributed by atoms with van der Waals surface area (Å²) in [4.78, 5) is 24.0. The van der Waals surface area contributed by atoms with Crippen LogP contribution in [0, 0.1) is 0 Å². The fourth-order valence-corrected chi connectivity index (χ4v) is 3.83. The van der Waals surface area contributed by atoms with E-state index in [4.69, 9.17) is 0 Å². The molecule has 1 aromatic carbocycles. The molecule has 0 aliphatic rings. The monoisotopic (exact) mass is 409 g/mol. The molecule has 0 aliphatic carbocycles. The van der Waals surface area contributed by atoms with Gasteiger partial charge in [-0.25, -0.2) is 13.1 Å². The van der Waals surface area contributed by atoms with E-state index in [9.17, 15) is 18.0 Å². The summed E-state index contributed by atoms with van der Waals surface area (Å²) in [6, 6.07) is 10.0. The molecule has 7 nitrogen and oxygen atoms in total. The number of amides is 2. The highest BCUT2D eigenvalue weighted by atomic mass is 32.2.